The first-order valence-electron chi connectivity index (χ1n) is 8.22. The van der Waals surface area contributed by atoms with Gasteiger partial charge in [-0.1, -0.05) is 51.1 Å². The molecule has 2 heterocycles. The zero-order valence-corrected chi connectivity index (χ0v) is 14.3. The lowest BCUT2D eigenvalue weighted by Crippen LogP contribution is -2.52. The van der Waals surface area contributed by atoms with Crippen molar-refractivity contribution in [2.45, 2.75) is 46.2 Å². The number of rotatable bonds is 2. The summed E-state index contributed by atoms with van der Waals surface area (Å²) in [5.74, 6) is -0.776. The summed E-state index contributed by atoms with van der Waals surface area (Å²) in [5.41, 5.74) is 2.50. The number of fused-ring (bicyclic) bond motifs is 1. The molecule has 1 aromatic carbocycles. The van der Waals surface area contributed by atoms with Crippen LogP contribution in [0.15, 0.2) is 24.3 Å². The molecule has 2 aliphatic heterocycles. The molecule has 0 radical (unpaired) electrons. The molecule has 0 aromatic heterocycles. The SMILES string of the molecule is CC(C)(C)/C=C/c1cccc2c1C(=O)N(C1CCC(=O)NC1=O)C2. The Bertz CT molecular complexity index is 743. The van der Waals surface area contributed by atoms with Crippen LogP contribution in [0.4, 0.5) is 0 Å². The van der Waals surface area contributed by atoms with E-state index in [0.29, 0.717) is 18.5 Å². The minimum atomic E-state index is -0.568. The van der Waals surface area contributed by atoms with Crippen LogP contribution in [0.25, 0.3) is 6.08 Å². The van der Waals surface area contributed by atoms with Crippen molar-refractivity contribution in [2.24, 2.45) is 5.41 Å². The predicted octanol–water partition coefficient (Wildman–Crippen LogP) is 2.51. The van der Waals surface area contributed by atoms with Gasteiger partial charge in [0.2, 0.25) is 11.8 Å². The van der Waals surface area contributed by atoms with Crippen molar-refractivity contribution in [2.75, 3.05) is 0 Å². The van der Waals surface area contributed by atoms with E-state index < -0.39 is 6.04 Å². The van der Waals surface area contributed by atoms with Crippen LogP contribution in [-0.4, -0.2) is 28.7 Å². The maximum absolute atomic E-state index is 12.9. The van der Waals surface area contributed by atoms with Gasteiger partial charge in [-0.3, -0.25) is 19.7 Å². The number of amides is 3. The van der Waals surface area contributed by atoms with E-state index in [0.717, 1.165) is 11.1 Å². The average Bonchev–Trinajstić information content (AvgIpc) is 2.82. The van der Waals surface area contributed by atoms with E-state index in [-0.39, 0.29) is 29.6 Å². The Labute approximate surface area is 141 Å². The van der Waals surface area contributed by atoms with Crippen molar-refractivity contribution in [3.8, 4) is 0 Å². The van der Waals surface area contributed by atoms with Gasteiger partial charge in [0, 0.05) is 13.0 Å². The van der Waals surface area contributed by atoms with Crippen molar-refractivity contribution in [1.82, 2.24) is 10.2 Å². The number of carbonyl (C=O) groups is 3. The zero-order valence-electron chi connectivity index (χ0n) is 14.3. The second kappa shape index (κ2) is 5.89. The molecular weight excluding hydrogens is 304 g/mol. The molecule has 0 saturated carbocycles. The van der Waals surface area contributed by atoms with Crippen molar-refractivity contribution in [1.29, 1.82) is 0 Å². The van der Waals surface area contributed by atoms with E-state index >= 15 is 0 Å². The number of benzene rings is 1. The molecule has 5 nitrogen and oxygen atoms in total. The fraction of sp³-hybridized carbons (Fsp3) is 0.421. The monoisotopic (exact) mass is 326 g/mol. The van der Waals surface area contributed by atoms with Crippen LogP contribution in [0.2, 0.25) is 0 Å². The van der Waals surface area contributed by atoms with Gasteiger partial charge in [0.1, 0.15) is 6.04 Å². The van der Waals surface area contributed by atoms with E-state index in [1.54, 1.807) is 4.90 Å². The van der Waals surface area contributed by atoms with Crippen LogP contribution >= 0.6 is 0 Å². The summed E-state index contributed by atoms with van der Waals surface area (Å²) < 4.78 is 0. The lowest BCUT2D eigenvalue weighted by molar-refractivity contribution is -0.136. The van der Waals surface area contributed by atoms with Gasteiger partial charge >= 0.3 is 0 Å². The fourth-order valence-electron chi connectivity index (χ4n) is 3.12. The van der Waals surface area contributed by atoms with E-state index in [1.165, 1.54) is 0 Å². The lowest BCUT2D eigenvalue weighted by Gasteiger charge is -2.29. The number of carbonyl (C=O) groups excluding carboxylic acids is 3. The number of nitrogens with one attached hydrogen (secondary N) is 1. The van der Waals surface area contributed by atoms with E-state index in [1.807, 2.05) is 24.3 Å². The first-order chi connectivity index (χ1) is 11.3. The maximum Gasteiger partial charge on any atom is 0.255 e. The topological polar surface area (TPSA) is 66.5 Å². The van der Waals surface area contributed by atoms with Gasteiger partial charge in [-0.2, -0.15) is 0 Å². The summed E-state index contributed by atoms with van der Waals surface area (Å²) in [6.45, 7) is 6.72. The molecule has 24 heavy (non-hydrogen) atoms. The summed E-state index contributed by atoms with van der Waals surface area (Å²) in [5, 5.41) is 2.33. The van der Waals surface area contributed by atoms with Gasteiger partial charge in [-0.15, -0.1) is 0 Å². The second-order valence-corrected chi connectivity index (χ2v) is 7.48. The summed E-state index contributed by atoms with van der Waals surface area (Å²) in [7, 11) is 0. The Morgan fingerprint density at radius 2 is 1.96 bits per heavy atom. The van der Waals surface area contributed by atoms with Crippen molar-refractivity contribution < 1.29 is 14.4 Å². The predicted molar refractivity (Wildman–Crippen MR) is 91.0 cm³/mol. The van der Waals surface area contributed by atoms with E-state index in [4.69, 9.17) is 0 Å². The molecule has 5 heteroatoms. The summed E-state index contributed by atoms with van der Waals surface area (Å²) in [4.78, 5) is 37.9. The van der Waals surface area contributed by atoms with Crippen LogP contribution < -0.4 is 5.32 Å². The van der Waals surface area contributed by atoms with Crippen molar-refractivity contribution >= 4 is 23.8 Å². The quantitative estimate of drug-likeness (QED) is 0.849. The molecule has 1 saturated heterocycles. The number of allylic oxidation sites excluding steroid dienone is 1. The highest BCUT2D eigenvalue weighted by atomic mass is 16.2. The van der Waals surface area contributed by atoms with E-state index in [2.05, 4.69) is 32.2 Å². The number of hydrogen-bond donors (Lipinski definition) is 1. The molecule has 1 atom stereocenters. The molecule has 1 aromatic rings. The highest BCUT2D eigenvalue weighted by Crippen LogP contribution is 2.31. The number of nitrogens with zero attached hydrogens (tertiary/aromatic N) is 1. The molecule has 1 N–H and O–H groups in total. The highest BCUT2D eigenvalue weighted by molar-refractivity contribution is 6.06. The third kappa shape index (κ3) is 3.11. The first-order valence-corrected chi connectivity index (χ1v) is 8.22. The number of piperidine rings is 1. The number of imide groups is 1. The fourth-order valence-corrected chi connectivity index (χ4v) is 3.12. The minimum absolute atomic E-state index is 0.0215. The Morgan fingerprint density at radius 3 is 2.62 bits per heavy atom. The normalized spacial score (nSPS) is 21.4. The highest BCUT2D eigenvalue weighted by Gasteiger charge is 2.39. The zero-order chi connectivity index (χ0) is 17.5. The van der Waals surface area contributed by atoms with Crippen molar-refractivity contribution in [3.63, 3.8) is 0 Å². The minimum Gasteiger partial charge on any atom is -0.322 e. The molecule has 1 fully saturated rings. The van der Waals surface area contributed by atoms with E-state index in [9.17, 15) is 14.4 Å². The summed E-state index contributed by atoms with van der Waals surface area (Å²) in [6.07, 6.45) is 4.71. The molecule has 3 amide bonds. The molecule has 3 rings (SSSR count). The maximum atomic E-state index is 12.9. The lowest BCUT2D eigenvalue weighted by atomic mass is 9.94. The van der Waals surface area contributed by atoms with Crippen LogP contribution in [0, 0.1) is 5.41 Å². The van der Waals surface area contributed by atoms with Gasteiger partial charge in [0.05, 0.1) is 5.56 Å². The summed E-state index contributed by atoms with van der Waals surface area (Å²) >= 11 is 0. The van der Waals surface area contributed by atoms with Crippen LogP contribution in [0.5, 0.6) is 0 Å². The smallest absolute Gasteiger partial charge is 0.255 e. The van der Waals surface area contributed by atoms with Crippen LogP contribution in [0.1, 0.15) is 55.1 Å². The summed E-state index contributed by atoms with van der Waals surface area (Å²) in [6, 6.07) is 5.21. The molecule has 126 valence electrons. The first kappa shape index (κ1) is 16.4. The van der Waals surface area contributed by atoms with Gasteiger partial charge < -0.3 is 4.90 Å². The van der Waals surface area contributed by atoms with Crippen molar-refractivity contribution in [3.05, 3.63) is 41.0 Å². The standard InChI is InChI=1S/C19H22N2O3/c1-19(2,3)10-9-12-5-4-6-13-11-21(18(24)16(12)13)14-7-8-15(22)20-17(14)23/h4-6,9-10,14H,7-8,11H2,1-3H3,(H,20,22,23)/b10-9+. The second-order valence-electron chi connectivity index (χ2n) is 7.48. The van der Waals surface area contributed by atoms with Gasteiger partial charge in [-0.25, -0.2) is 0 Å². The Morgan fingerprint density at radius 1 is 1.21 bits per heavy atom. The molecular formula is C19H22N2O3. The largest absolute Gasteiger partial charge is 0.322 e. The Kier molecular flexibility index (Phi) is 4.03. The Balaban J connectivity index is 1.90. The Hall–Kier alpha value is -2.43. The third-order valence-corrected chi connectivity index (χ3v) is 4.35. The third-order valence-electron chi connectivity index (χ3n) is 4.35. The van der Waals surface area contributed by atoms with Gasteiger partial charge in [-0.05, 0) is 23.0 Å². The van der Waals surface area contributed by atoms with Crippen LogP contribution in [0.3, 0.4) is 0 Å². The molecule has 0 bridgehead atoms. The number of hydrogen-bond acceptors (Lipinski definition) is 3. The van der Waals surface area contributed by atoms with Gasteiger partial charge in [0.15, 0.2) is 0 Å². The molecule has 1 unspecified atom stereocenters. The average molecular weight is 326 g/mol. The molecule has 2 aliphatic rings. The molecule has 0 aliphatic carbocycles. The molecule has 0 spiro atoms. The van der Waals surface area contributed by atoms with Gasteiger partial charge in [0.25, 0.3) is 5.91 Å². The van der Waals surface area contributed by atoms with Crippen LogP contribution in [-0.2, 0) is 16.1 Å².